The third kappa shape index (κ3) is 4.82. The average molecular weight is 545 g/mol. The lowest BCUT2D eigenvalue weighted by atomic mass is 9.78. The van der Waals surface area contributed by atoms with Gasteiger partial charge in [-0.15, -0.1) is 5.10 Å². The molecule has 1 atom stereocenters. The molecular weight excluding hydrogens is 504 g/mol. The molecule has 0 N–H and O–H groups in total. The van der Waals surface area contributed by atoms with Crippen LogP contribution in [-0.2, 0) is 9.53 Å². The molecule has 2 aromatic heterocycles. The van der Waals surface area contributed by atoms with E-state index in [-0.39, 0.29) is 17.6 Å². The molecule has 2 aliphatic heterocycles. The molecule has 9 nitrogen and oxygen atoms in total. The average Bonchev–Trinajstić information content (AvgIpc) is 3.36. The fourth-order valence-electron chi connectivity index (χ4n) is 7.02. The van der Waals surface area contributed by atoms with Gasteiger partial charge in [-0.25, -0.2) is 4.98 Å². The normalized spacial score (nSPS) is 26.0. The van der Waals surface area contributed by atoms with E-state index in [1.54, 1.807) is 4.52 Å². The molecular formula is C31H40N6O3. The third-order valence-corrected chi connectivity index (χ3v) is 9.54. The predicted molar refractivity (Wildman–Crippen MR) is 152 cm³/mol. The molecule has 212 valence electrons. The summed E-state index contributed by atoms with van der Waals surface area (Å²) < 4.78 is 14.2. The molecule has 4 heterocycles. The van der Waals surface area contributed by atoms with Crippen LogP contribution in [0.3, 0.4) is 0 Å². The van der Waals surface area contributed by atoms with Gasteiger partial charge in [-0.2, -0.15) is 9.50 Å². The van der Waals surface area contributed by atoms with Gasteiger partial charge in [0.1, 0.15) is 11.9 Å². The van der Waals surface area contributed by atoms with Crippen molar-refractivity contribution in [3.63, 3.8) is 0 Å². The van der Waals surface area contributed by atoms with Gasteiger partial charge in [0, 0.05) is 37.7 Å². The molecule has 7 rings (SSSR count). The highest BCUT2D eigenvalue weighted by atomic mass is 16.5. The maximum atomic E-state index is 13.2. The summed E-state index contributed by atoms with van der Waals surface area (Å²) in [6, 6.07) is 9.13. The summed E-state index contributed by atoms with van der Waals surface area (Å²) in [6.07, 6.45) is 7.47. The van der Waals surface area contributed by atoms with Gasteiger partial charge in [-0.05, 0) is 82.9 Å². The van der Waals surface area contributed by atoms with Crippen molar-refractivity contribution in [3.05, 3.63) is 47.0 Å². The zero-order chi connectivity index (χ0) is 27.4. The maximum absolute atomic E-state index is 13.2. The van der Waals surface area contributed by atoms with Gasteiger partial charge in [-0.1, -0.05) is 12.1 Å². The van der Waals surface area contributed by atoms with Gasteiger partial charge in [-0.3, -0.25) is 4.79 Å². The highest BCUT2D eigenvalue weighted by Gasteiger charge is 2.49. The number of benzene rings is 1. The van der Waals surface area contributed by atoms with E-state index in [1.165, 1.54) is 11.3 Å². The number of hydrogen-bond acceptors (Lipinski definition) is 7. The van der Waals surface area contributed by atoms with E-state index in [9.17, 15) is 4.79 Å². The van der Waals surface area contributed by atoms with Crippen molar-refractivity contribution >= 4 is 17.4 Å². The lowest BCUT2D eigenvalue weighted by Crippen LogP contribution is -2.49. The van der Waals surface area contributed by atoms with Crippen molar-refractivity contribution in [3.8, 4) is 5.75 Å². The number of ether oxygens (including phenoxy) is 2. The number of anilines is 1. The molecule has 1 aromatic carbocycles. The zero-order valence-corrected chi connectivity index (χ0v) is 23.9. The first-order valence-electron chi connectivity index (χ1n) is 15.0. The Morgan fingerprint density at radius 3 is 2.52 bits per heavy atom. The predicted octanol–water partition coefficient (Wildman–Crippen LogP) is 4.37. The minimum atomic E-state index is 0.00883. The SMILES string of the molecule is Cc1nc2nc(C)c(O[C@@H]3CCN(c4ccc(C5CCC(C(=O)N6CCOC7(CC7)C6)CC5)cc4)C3)c(C)n2n1. The van der Waals surface area contributed by atoms with Crippen LogP contribution in [0.1, 0.15) is 73.6 Å². The van der Waals surface area contributed by atoms with Crippen molar-refractivity contribution < 1.29 is 14.3 Å². The van der Waals surface area contributed by atoms with E-state index in [2.05, 4.69) is 49.1 Å². The van der Waals surface area contributed by atoms with Crippen LogP contribution >= 0.6 is 0 Å². The molecule has 40 heavy (non-hydrogen) atoms. The van der Waals surface area contributed by atoms with Gasteiger partial charge >= 0.3 is 0 Å². The number of amides is 1. The molecule has 4 aliphatic rings. The van der Waals surface area contributed by atoms with Crippen LogP contribution in [0.25, 0.3) is 5.78 Å². The molecule has 2 saturated carbocycles. The van der Waals surface area contributed by atoms with Crippen molar-refractivity contribution in [2.45, 2.75) is 83.3 Å². The van der Waals surface area contributed by atoms with Gasteiger partial charge in [0.15, 0.2) is 5.75 Å². The van der Waals surface area contributed by atoms with Gasteiger partial charge in [0.2, 0.25) is 5.91 Å². The van der Waals surface area contributed by atoms with Crippen molar-refractivity contribution in [2.24, 2.45) is 5.92 Å². The topological polar surface area (TPSA) is 85.1 Å². The van der Waals surface area contributed by atoms with E-state index in [4.69, 9.17) is 9.47 Å². The van der Waals surface area contributed by atoms with Gasteiger partial charge < -0.3 is 19.3 Å². The Hall–Kier alpha value is -3.20. The van der Waals surface area contributed by atoms with Crippen molar-refractivity contribution in [1.82, 2.24) is 24.5 Å². The highest BCUT2D eigenvalue weighted by Crippen LogP contribution is 2.43. The second-order valence-corrected chi connectivity index (χ2v) is 12.4. The number of aryl methyl sites for hydroxylation is 3. The fraction of sp³-hybridized carbons (Fsp3) is 0.613. The van der Waals surface area contributed by atoms with Crippen LogP contribution in [0.5, 0.6) is 5.75 Å². The van der Waals surface area contributed by atoms with Gasteiger partial charge in [0.25, 0.3) is 5.78 Å². The summed E-state index contributed by atoms with van der Waals surface area (Å²) >= 11 is 0. The first-order chi connectivity index (χ1) is 19.4. The summed E-state index contributed by atoms with van der Waals surface area (Å²) in [5.74, 6) is 3.24. The lowest BCUT2D eigenvalue weighted by molar-refractivity contribution is -0.146. The summed E-state index contributed by atoms with van der Waals surface area (Å²) in [7, 11) is 0. The molecule has 9 heteroatoms. The molecule has 0 bridgehead atoms. The van der Waals surface area contributed by atoms with Crippen molar-refractivity contribution in [2.75, 3.05) is 37.7 Å². The first-order valence-corrected chi connectivity index (χ1v) is 15.0. The fourth-order valence-corrected chi connectivity index (χ4v) is 7.02. The number of rotatable bonds is 5. The number of fused-ring (bicyclic) bond motifs is 1. The Kier molecular flexibility index (Phi) is 6.45. The van der Waals surface area contributed by atoms with E-state index in [0.717, 1.165) is 88.3 Å². The minimum Gasteiger partial charge on any atom is -0.485 e. The van der Waals surface area contributed by atoms with Crippen molar-refractivity contribution in [1.29, 1.82) is 0 Å². The van der Waals surface area contributed by atoms with Crippen LogP contribution in [-0.4, -0.2) is 74.9 Å². The molecule has 0 unspecified atom stereocenters. The highest BCUT2D eigenvalue weighted by molar-refractivity contribution is 5.79. The number of carbonyl (C=O) groups is 1. The second kappa shape index (κ2) is 10.0. The van der Waals surface area contributed by atoms with Crippen LogP contribution in [0, 0.1) is 26.7 Å². The number of aromatic nitrogens is 4. The van der Waals surface area contributed by atoms with Crippen LogP contribution in [0.4, 0.5) is 5.69 Å². The summed E-state index contributed by atoms with van der Waals surface area (Å²) in [5.41, 5.74) is 4.45. The Labute approximate surface area is 235 Å². The second-order valence-electron chi connectivity index (χ2n) is 12.4. The molecule has 0 radical (unpaired) electrons. The molecule has 2 saturated heterocycles. The smallest absolute Gasteiger partial charge is 0.253 e. The molecule has 1 amide bonds. The third-order valence-electron chi connectivity index (χ3n) is 9.54. The Morgan fingerprint density at radius 1 is 1.00 bits per heavy atom. The van der Waals surface area contributed by atoms with E-state index in [1.807, 2.05) is 20.8 Å². The first kappa shape index (κ1) is 25.7. The summed E-state index contributed by atoms with van der Waals surface area (Å²) in [5, 5.41) is 4.47. The number of carbonyl (C=O) groups excluding carboxylic acids is 1. The van der Waals surface area contributed by atoms with E-state index in [0.29, 0.717) is 30.0 Å². The molecule has 4 fully saturated rings. The van der Waals surface area contributed by atoms with E-state index < -0.39 is 0 Å². The maximum Gasteiger partial charge on any atom is 0.253 e. The van der Waals surface area contributed by atoms with E-state index >= 15 is 0 Å². The molecule has 2 aliphatic carbocycles. The quantitative estimate of drug-likeness (QED) is 0.472. The molecule has 1 spiro atoms. The Morgan fingerprint density at radius 2 is 1.77 bits per heavy atom. The van der Waals surface area contributed by atoms with Crippen LogP contribution in [0.2, 0.25) is 0 Å². The Bertz CT molecular complexity index is 1410. The zero-order valence-electron chi connectivity index (χ0n) is 23.9. The minimum absolute atomic E-state index is 0.00883. The number of morpholine rings is 1. The van der Waals surface area contributed by atoms with Crippen LogP contribution in [0.15, 0.2) is 24.3 Å². The largest absolute Gasteiger partial charge is 0.485 e. The summed E-state index contributed by atoms with van der Waals surface area (Å²) in [4.78, 5) is 26.7. The monoisotopic (exact) mass is 544 g/mol. The summed E-state index contributed by atoms with van der Waals surface area (Å²) in [6.45, 7) is 9.97. The van der Waals surface area contributed by atoms with Gasteiger partial charge in [0.05, 0.1) is 30.1 Å². The van der Waals surface area contributed by atoms with Crippen LogP contribution < -0.4 is 9.64 Å². The number of hydrogen-bond donors (Lipinski definition) is 0. The molecule has 3 aromatic rings. The standard InChI is InChI=1S/C31H40N6O3/c1-20-28(21(2)37-30(32-20)33-22(3)34-37)40-27-12-15-35(18-27)26-10-8-24(9-11-26)23-4-6-25(7-5-23)29(38)36-16-17-39-31(19-36)13-14-31/h8-11,23,25,27H,4-7,12-19H2,1-3H3/t23?,25?,27-/m1/s1. The lowest BCUT2D eigenvalue weighted by Gasteiger charge is -2.37. The number of nitrogens with zero attached hydrogens (tertiary/aromatic N) is 6. The Balaban J connectivity index is 0.936.